The van der Waals surface area contributed by atoms with Crippen LogP contribution in [0.4, 0.5) is 5.88 Å². The van der Waals surface area contributed by atoms with E-state index >= 15 is 0 Å². The van der Waals surface area contributed by atoms with Crippen LogP contribution in [0, 0.1) is 0 Å². The number of aromatic nitrogens is 1. The Hall–Kier alpha value is -1.90. The molecule has 142 valence electrons. The molecule has 9 heteroatoms. The van der Waals surface area contributed by atoms with Gasteiger partial charge in [-0.25, -0.2) is 8.42 Å². The van der Waals surface area contributed by atoms with E-state index in [0.29, 0.717) is 10.7 Å². The van der Waals surface area contributed by atoms with Gasteiger partial charge in [-0.1, -0.05) is 30.6 Å². The molecular formula is C17H21ClN2O5S. The first-order valence-electron chi connectivity index (χ1n) is 7.81. The summed E-state index contributed by atoms with van der Waals surface area (Å²) >= 11 is 5.79. The SMILES string of the molecule is CC(C)(CO)c1cc(NC(=O)C(C)(C)S(=O)(=O)c2ccc(Cl)cc2)on1. The summed E-state index contributed by atoms with van der Waals surface area (Å²) in [5, 5.41) is 16.0. The van der Waals surface area contributed by atoms with Crippen LogP contribution in [0.2, 0.25) is 5.02 Å². The number of hydrogen-bond donors (Lipinski definition) is 2. The maximum Gasteiger partial charge on any atom is 0.248 e. The molecule has 1 aromatic carbocycles. The first kappa shape index (κ1) is 20.4. The fourth-order valence-electron chi connectivity index (χ4n) is 2.03. The molecule has 2 aromatic rings. The van der Waals surface area contributed by atoms with Gasteiger partial charge in [0.1, 0.15) is 4.75 Å². The van der Waals surface area contributed by atoms with Gasteiger partial charge in [-0.3, -0.25) is 10.1 Å². The van der Waals surface area contributed by atoms with Gasteiger partial charge >= 0.3 is 0 Å². The van der Waals surface area contributed by atoms with Crippen LogP contribution in [-0.2, 0) is 20.0 Å². The van der Waals surface area contributed by atoms with Crippen LogP contribution in [-0.4, -0.2) is 35.9 Å². The average molecular weight is 401 g/mol. The van der Waals surface area contributed by atoms with Gasteiger partial charge in [-0.15, -0.1) is 0 Å². The minimum absolute atomic E-state index is 0.00547. The normalized spacial score (nSPS) is 12.8. The fraction of sp³-hybridized carbons (Fsp3) is 0.412. The van der Waals surface area contributed by atoms with E-state index in [9.17, 15) is 18.3 Å². The molecule has 0 atom stereocenters. The lowest BCUT2D eigenvalue weighted by Crippen LogP contribution is -2.44. The Bertz CT molecular complexity index is 901. The maximum absolute atomic E-state index is 12.8. The number of benzene rings is 1. The van der Waals surface area contributed by atoms with Crippen molar-refractivity contribution in [1.82, 2.24) is 5.16 Å². The van der Waals surface area contributed by atoms with Crippen LogP contribution in [0.3, 0.4) is 0 Å². The van der Waals surface area contributed by atoms with E-state index in [4.69, 9.17) is 16.1 Å². The third-order valence-electron chi connectivity index (χ3n) is 4.18. The molecule has 0 bridgehead atoms. The number of rotatable bonds is 6. The van der Waals surface area contributed by atoms with Crippen molar-refractivity contribution in [2.75, 3.05) is 11.9 Å². The number of hydrogen-bond acceptors (Lipinski definition) is 6. The van der Waals surface area contributed by atoms with Crippen molar-refractivity contribution in [1.29, 1.82) is 0 Å². The Morgan fingerprint density at radius 1 is 1.23 bits per heavy atom. The third-order valence-corrected chi connectivity index (χ3v) is 6.85. The van der Waals surface area contributed by atoms with Crippen molar-refractivity contribution in [2.45, 2.75) is 42.8 Å². The summed E-state index contributed by atoms with van der Waals surface area (Å²) in [5.74, 6) is -0.761. The van der Waals surface area contributed by atoms with E-state index in [2.05, 4.69) is 10.5 Å². The van der Waals surface area contributed by atoms with Gasteiger partial charge in [0.2, 0.25) is 11.8 Å². The summed E-state index contributed by atoms with van der Waals surface area (Å²) in [7, 11) is -3.97. The first-order valence-corrected chi connectivity index (χ1v) is 9.67. The summed E-state index contributed by atoms with van der Waals surface area (Å²) in [6.45, 7) is 5.96. The topological polar surface area (TPSA) is 110 Å². The fourth-order valence-corrected chi connectivity index (χ4v) is 3.53. The highest BCUT2D eigenvalue weighted by Gasteiger charge is 2.43. The van der Waals surface area contributed by atoms with E-state index in [1.807, 2.05) is 0 Å². The Morgan fingerprint density at radius 2 is 1.81 bits per heavy atom. The lowest BCUT2D eigenvalue weighted by Gasteiger charge is -2.23. The minimum atomic E-state index is -3.97. The zero-order valence-corrected chi connectivity index (χ0v) is 16.5. The second kappa shape index (κ2) is 7.02. The zero-order valence-electron chi connectivity index (χ0n) is 14.9. The number of anilines is 1. The molecule has 0 aliphatic heterocycles. The summed E-state index contributed by atoms with van der Waals surface area (Å²) in [6.07, 6.45) is 0. The molecule has 0 saturated heterocycles. The molecular weight excluding hydrogens is 380 g/mol. The second-order valence-electron chi connectivity index (χ2n) is 7.04. The van der Waals surface area contributed by atoms with E-state index in [0.717, 1.165) is 0 Å². The van der Waals surface area contributed by atoms with E-state index in [-0.39, 0.29) is 17.4 Å². The summed E-state index contributed by atoms with van der Waals surface area (Å²) in [6, 6.07) is 7.05. The van der Waals surface area contributed by atoms with Gasteiger partial charge in [-0.05, 0) is 38.1 Å². The quantitative estimate of drug-likeness (QED) is 0.771. The molecule has 26 heavy (non-hydrogen) atoms. The van der Waals surface area contributed by atoms with Crippen molar-refractivity contribution < 1.29 is 22.8 Å². The van der Waals surface area contributed by atoms with Gasteiger partial charge in [0.15, 0.2) is 9.84 Å². The number of carbonyl (C=O) groups excluding carboxylic acids is 1. The Balaban J connectivity index is 2.26. The predicted molar refractivity (Wildman–Crippen MR) is 98.0 cm³/mol. The number of nitrogens with one attached hydrogen (secondary N) is 1. The Labute approximate surface area is 157 Å². The van der Waals surface area contributed by atoms with Crippen molar-refractivity contribution in [3.63, 3.8) is 0 Å². The number of halogens is 1. The number of carbonyl (C=O) groups is 1. The second-order valence-corrected chi connectivity index (χ2v) is 9.98. The van der Waals surface area contributed by atoms with Crippen LogP contribution >= 0.6 is 11.6 Å². The molecule has 0 unspecified atom stereocenters. The maximum atomic E-state index is 12.8. The Kier molecular flexibility index (Phi) is 5.51. The van der Waals surface area contributed by atoms with Crippen LogP contribution in [0.25, 0.3) is 0 Å². The first-order chi connectivity index (χ1) is 11.9. The van der Waals surface area contributed by atoms with Crippen LogP contribution in [0.1, 0.15) is 33.4 Å². The standard InChI is InChI=1S/C17H21ClN2O5S/c1-16(2,10-21)13-9-14(25-20-13)19-15(22)17(3,4)26(23,24)12-7-5-11(18)6-8-12/h5-9,21H,10H2,1-4H3,(H,19,22). The van der Waals surface area contributed by atoms with E-state index < -0.39 is 25.9 Å². The molecule has 1 heterocycles. The summed E-state index contributed by atoms with van der Waals surface area (Å²) in [5.41, 5.74) is -0.217. The van der Waals surface area contributed by atoms with Gasteiger partial charge in [0.05, 0.1) is 17.2 Å². The minimum Gasteiger partial charge on any atom is -0.395 e. The van der Waals surface area contributed by atoms with E-state index in [1.54, 1.807) is 13.8 Å². The number of sulfone groups is 1. The van der Waals surface area contributed by atoms with Gasteiger partial charge < -0.3 is 9.63 Å². The highest BCUT2D eigenvalue weighted by atomic mass is 35.5. The summed E-state index contributed by atoms with van der Waals surface area (Å²) < 4.78 is 28.9. The lowest BCUT2D eigenvalue weighted by molar-refractivity contribution is -0.118. The van der Waals surface area contributed by atoms with Crippen LogP contribution < -0.4 is 5.32 Å². The third kappa shape index (κ3) is 3.77. The molecule has 7 nitrogen and oxygen atoms in total. The largest absolute Gasteiger partial charge is 0.395 e. The van der Waals surface area contributed by atoms with Gasteiger partial charge in [-0.2, -0.15) is 0 Å². The molecule has 2 N–H and O–H groups in total. The molecule has 0 aliphatic carbocycles. The van der Waals surface area contributed by atoms with Crippen LogP contribution in [0.5, 0.6) is 0 Å². The molecule has 1 aromatic heterocycles. The van der Waals surface area contributed by atoms with Crippen molar-refractivity contribution in [3.8, 4) is 0 Å². The highest BCUT2D eigenvalue weighted by Crippen LogP contribution is 2.29. The smallest absolute Gasteiger partial charge is 0.248 e. The molecule has 0 spiro atoms. The Morgan fingerprint density at radius 3 is 2.35 bits per heavy atom. The van der Waals surface area contributed by atoms with Crippen molar-refractivity contribution in [3.05, 3.63) is 41.0 Å². The molecule has 0 aliphatic rings. The zero-order chi connectivity index (χ0) is 19.8. The van der Waals surface area contributed by atoms with Crippen LogP contribution in [0.15, 0.2) is 39.8 Å². The van der Waals surface area contributed by atoms with Gasteiger partial charge in [0.25, 0.3) is 0 Å². The van der Waals surface area contributed by atoms with Crippen molar-refractivity contribution >= 4 is 33.2 Å². The number of nitrogens with zero attached hydrogens (tertiary/aromatic N) is 1. The van der Waals surface area contributed by atoms with Crippen molar-refractivity contribution in [2.24, 2.45) is 0 Å². The molecule has 2 rings (SSSR count). The highest BCUT2D eigenvalue weighted by molar-refractivity contribution is 7.93. The average Bonchev–Trinajstić information content (AvgIpc) is 3.04. The predicted octanol–water partition coefficient (Wildman–Crippen LogP) is 2.79. The number of aliphatic hydroxyl groups is 1. The number of amides is 1. The lowest BCUT2D eigenvalue weighted by atomic mass is 9.91. The molecule has 0 radical (unpaired) electrons. The van der Waals surface area contributed by atoms with E-state index in [1.165, 1.54) is 44.2 Å². The monoisotopic (exact) mass is 400 g/mol. The molecule has 1 amide bonds. The molecule has 0 saturated carbocycles. The summed E-state index contributed by atoms with van der Waals surface area (Å²) in [4.78, 5) is 12.6. The number of aliphatic hydroxyl groups excluding tert-OH is 1. The molecule has 0 fully saturated rings. The van der Waals surface area contributed by atoms with Gasteiger partial charge in [0, 0.05) is 16.5 Å².